The molecule has 168 valence electrons. The molecule has 1 atom stereocenters. The fourth-order valence-electron chi connectivity index (χ4n) is 3.80. The standard InChI is InChI=1S/C22H23N3O6S/c1-13-5-7-15(11-19(13)24-32(2,29)30)23-20(26)14-6-8-17-18(10-14)22(28)25(21(17)27)12-16-4-3-9-31-16/h5-8,10-11,16,24H,3-4,9,12H2,1-2H3,(H,23,26). The van der Waals surface area contributed by atoms with Crippen LogP contribution in [0.1, 0.15) is 49.5 Å². The van der Waals surface area contributed by atoms with Gasteiger partial charge in [-0.2, -0.15) is 0 Å². The number of anilines is 2. The number of nitrogens with zero attached hydrogens (tertiary/aromatic N) is 1. The molecule has 0 radical (unpaired) electrons. The molecule has 4 rings (SSSR count). The second-order valence-electron chi connectivity index (χ2n) is 7.97. The molecule has 0 bridgehead atoms. The highest BCUT2D eigenvalue weighted by atomic mass is 32.2. The first kappa shape index (κ1) is 22.0. The van der Waals surface area contributed by atoms with Crippen molar-refractivity contribution in [2.45, 2.75) is 25.9 Å². The van der Waals surface area contributed by atoms with Gasteiger partial charge in [0, 0.05) is 17.9 Å². The Morgan fingerprint density at radius 3 is 2.56 bits per heavy atom. The molecule has 0 spiro atoms. The maximum Gasteiger partial charge on any atom is 0.261 e. The van der Waals surface area contributed by atoms with Gasteiger partial charge in [0.1, 0.15) is 0 Å². The fourth-order valence-corrected chi connectivity index (χ4v) is 4.42. The van der Waals surface area contributed by atoms with Crippen LogP contribution in [0.2, 0.25) is 0 Å². The molecular formula is C22H23N3O6S. The molecule has 0 aromatic heterocycles. The Morgan fingerprint density at radius 1 is 1.12 bits per heavy atom. The lowest BCUT2D eigenvalue weighted by molar-refractivity contribution is 0.0475. The van der Waals surface area contributed by atoms with Gasteiger partial charge >= 0.3 is 0 Å². The number of carbonyl (C=O) groups excluding carboxylic acids is 3. The van der Waals surface area contributed by atoms with Gasteiger partial charge in [0.15, 0.2) is 0 Å². The molecule has 1 saturated heterocycles. The molecule has 32 heavy (non-hydrogen) atoms. The van der Waals surface area contributed by atoms with Crippen molar-refractivity contribution in [1.29, 1.82) is 0 Å². The van der Waals surface area contributed by atoms with E-state index in [2.05, 4.69) is 10.0 Å². The van der Waals surface area contributed by atoms with Gasteiger partial charge in [-0.15, -0.1) is 0 Å². The SMILES string of the molecule is Cc1ccc(NC(=O)c2ccc3c(c2)C(=O)N(CC2CCCO2)C3=O)cc1NS(C)(=O)=O. The number of rotatable bonds is 6. The molecule has 0 aliphatic carbocycles. The lowest BCUT2D eigenvalue weighted by atomic mass is 10.1. The zero-order valence-corrected chi connectivity index (χ0v) is 18.5. The lowest BCUT2D eigenvalue weighted by Gasteiger charge is -2.17. The van der Waals surface area contributed by atoms with E-state index in [9.17, 15) is 22.8 Å². The summed E-state index contributed by atoms with van der Waals surface area (Å²) in [6, 6.07) is 9.21. The molecular weight excluding hydrogens is 434 g/mol. The minimum atomic E-state index is -3.48. The van der Waals surface area contributed by atoms with Crippen LogP contribution in [0.5, 0.6) is 0 Å². The van der Waals surface area contributed by atoms with Crippen molar-refractivity contribution in [3.05, 3.63) is 58.7 Å². The predicted molar refractivity (Wildman–Crippen MR) is 118 cm³/mol. The Kier molecular flexibility index (Phi) is 5.74. The van der Waals surface area contributed by atoms with Crippen LogP contribution in [-0.4, -0.2) is 56.6 Å². The summed E-state index contributed by atoms with van der Waals surface area (Å²) >= 11 is 0. The van der Waals surface area contributed by atoms with Crippen LogP contribution in [-0.2, 0) is 14.8 Å². The number of hydrogen-bond acceptors (Lipinski definition) is 6. The van der Waals surface area contributed by atoms with E-state index in [0.717, 1.165) is 19.1 Å². The smallest absolute Gasteiger partial charge is 0.261 e. The first-order valence-electron chi connectivity index (χ1n) is 10.1. The van der Waals surface area contributed by atoms with E-state index in [1.165, 1.54) is 29.2 Å². The zero-order valence-electron chi connectivity index (χ0n) is 17.7. The quantitative estimate of drug-likeness (QED) is 0.643. The third-order valence-electron chi connectivity index (χ3n) is 5.43. The number of hydrogen-bond donors (Lipinski definition) is 2. The Morgan fingerprint density at radius 2 is 1.88 bits per heavy atom. The molecule has 2 N–H and O–H groups in total. The van der Waals surface area contributed by atoms with E-state index in [0.29, 0.717) is 23.5 Å². The molecule has 9 nitrogen and oxygen atoms in total. The third-order valence-corrected chi connectivity index (χ3v) is 6.02. The van der Waals surface area contributed by atoms with Crippen molar-refractivity contribution in [2.75, 3.05) is 29.4 Å². The Balaban J connectivity index is 1.52. The zero-order chi connectivity index (χ0) is 23.0. The summed E-state index contributed by atoms with van der Waals surface area (Å²) < 4.78 is 31.0. The van der Waals surface area contributed by atoms with Crippen LogP contribution in [0.4, 0.5) is 11.4 Å². The Hall–Kier alpha value is -3.24. The van der Waals surface area contributed by atoms with E-state index in [1.807, 2.05) is 0 Å². The van der Waals surface area contributed by atoms with Crippen molar-refractivity contribution in [2.24, 2.45) is 0 Å². The second-order valence-corrected chi connectivity index (χ2v) is 9.72. The predicted octanol–water partition coefficient (Wildman–Crippen LogP) is 2.39. The number of ether oxygens (including phenoxy) is 1. The van der Waals surface area contributed by atoms with Crippen LogP contribution >= 0.6 is 0 Å². The normalized spacial score (nSPS) is 18.1. The van der Waals surface area contributed by atoms with E-state index in [-0.39, 0.29) is 35.2 Å². The number of nitrogens with one attached hydrogen (secondary N) is 2. The van der Waals surface area contributed by atoms with E-state index in [1.54, 1.807) is 19.1 Å². The molecule has 2 aliphatic rings. The highest BCUT2D eigenvalue weighted by Gasteiger charge is 2.38. The number of aryl methyl sites for hydroxylation is 1. The molecule has 1 unspecified atom stereocenters. The molecule has 1 fully saturated rings. The van der Waals surface area contributed by atoms with Crippen LogP contribution in [0.3, 0.4) is 0 Å². The Labute approximate surface area is 185 Å². The van der Waals surface area contributed by atoms with Gasteiger partial charge in [-0.25, -0.2) is 8.42 Å². The van der Waals surface area contributed by atoms with Crippen molar-refractivity contribution >= 4 is 39.1 Å². The molecule has 2 aliphatic heterocycles. The first-order chi connectivity index (χ1) is 15.1. The molecule has 10 heteroatoms. The number of benzene rings is 2. The fraction of sp³-hybridized carbons (Fsp3) is 0.318. The molecule has 2 aromatic rings. The summed E-state index contributed by atoms with van der Waals surface area (Å²) in [4.78, 5) is 39.4. The van der Waals surface area contributed by atoms with Gasteiger partial charge in [0.25, 0.3) is 17.7 Å². The van der Waals surface area contributed by atoms with Gasteiger partial charge in [-0.05, 0) is 55.7 Å². The van der Waals surface area contributed by atoms with Gasteiger partial charge in [0.2, 0.25) is 10.0 Å². The van der Waals surface area contributed by atoms with Gasteiger partial charge < -0.3 is 10.1 Å². The minimum absolute atomic E-state index is 0.156. The van der Waals surface area contributed by atoms with Gasteiger partial charge in [-0.3, -0.25) is 24.0 Å². The number of amides is 3. The number of fused-ring (bicyclic) bond motifs is 1. The average Bonchev–Trinajstić information content (AvgIpc) is 3.32. The van der Waals surface area contributed by atoms with E-state index in [4.69, 9.17) is 4.74 Å². The summed E-state index contributed by atoms with van der Waals surface area (Å²) in [5, 5.41) is 2.70. The van der Waals surface area contributed by atoms with Crippen LogP contribution < -0.4 is 10.0 Å². The highest BCUT2D eigenvalue weighted by molar-refractivity contribution is 7.92. The molecule has 2 aromatic carbocycles. The first-order valence-corrected chi connectivity index (χ1v) is 12.0. The van der Waals surface area contributed by atoms with Crippen LogP contribution in [0.15, 0.2) is 36.4 Å². The van der Waals surface area contributed by atoms with E-state index >= 15 is 0 Å². The van der Waals surface area contributed by atoms with Crippen molar-refractivity contribution in [3.63, 3.8) is 0 Å². The number of carbonyl (C=O) groups is 3. The van der Waals surface area contributed by atoms with Crippen LogP contribution in [0, 0.1) is 6.92 Å². The summed E-state index contributed by atoms with van der Waals surface area (Å²) in [6.07, 6.45) is 2.59. The lowest BCUT2D eigenvalue weighted by Crippen LogP contribution is -2.36. The summed E-state index contributed by atoms with van der Waals surface area (Å²) in [5.41, 5.74) is 2.09. The maximum atomic E-state index is 12.8. The number of imide groups is 1. The summed E-state index contributed by atoms with van der Waals surface area (Å²) in [6.45, 7) is 2.57. The summed E-state index contributed by atoms with van der Waals surface area (Å²) in [7, 11) is -3.48. The topological polar surface area (TPSA) is 122 Å². The van der Waals surface area contributed by atoms with E-state index < -0.39 is 21.8 Å². The number of sulfonamides is 1. The molecule has 0 saturated carbocycles. The average molecular weight is 458 g/mol. The summed E-state index contributed by atoms with van der Waals surface area (Å²) in [5.74, 6) is -1.31. The maximum absolute atomic E-state index is 12.8. The monoisotopic (exact) mass is 457 g/mol. The van der Waals surface area contributed by atoms with Crippen molar-refractivity contribution in [1.82, 2.24) is 4.90 Å². The third kappa shape index (κ3) is 4.51. The molecule has 3 amide bonds. The van der Waals surface area contributed by atoms with Crippen molar-refractivity contribution in [3.8, 4) is 0 Å². The van der Waals surface area contributed by atoms with Crippen LogP contribution in [0.25, 0.3) is 0 Å². The Bertz CT molecular complexity index is 1220. The molecule has 2 heterocycles. The van der Waals surface area contributed by atoms with Gasteiger partial charge in [0.05, 0.1) is 35.7 Å². The minimum Gasteiger partial charge on any atom is -0.376 e. The highest BCUT2D eigenvalue weighted by Crippen LogP contribution is 2.27. The largest absolute Gasteiger partial charge is 0.376 e. The van der Waals surface area contributed by atoms with Gasteiger partial charge in [-0.1, -0.05) is 6.07 Å². The second kappa shape index (κ2) is 8.36. The van der Waals surface area contributed by atoms with Crippen molar-refractivity contribution < 1.29 is 27.5 Å².